The molecule has 0 radical (unpaired) electrons. The Morgan fingerprint density at radius 1 is 0.351 bits per heavy atom. The number of hydrogen-bond donors (Lipinski definition) is 0. The molecule has 0 amide bonds. The van der Waals surface area contributed by atoms with Crippen molar-refractivity contribution < 1.29 is 0 Å². The number of benzene rings is 7. The molecule has 37 heavy (non-hydrogen) atoms. The van der Waals surface area contributed by atoms with Gasteiger partial charge in [0.25, 0.3) is 0 Å². The zero-order chi connectivity index (χ0) is 24.3. The lowest BCUT2D eigenvalue weighted by molar-refractivity contribution is 1.40. The van der Waals surface area contributed by atoms with Gasteiger partial charge in [-0.05, 0) is 66.9 Å². The van der Waals surface area contributed by atoms with Crippen molar-refractivity contribution in [1.29, 1.82) is 0 Å². The lowest BCUT2D eigenvalue weighted by Gasteiger charge is -2.25. The maximum Gasteiger partial charge on any atom is 0.0207 e. The Balaban J connectivity index is 1.55. The highest BCUT2D eigenvalue weighted by atomic mass is 32.2. The summed E-state index contributed by atoms with van der Waals surface area (Å²) < 4.78 is 0. The van der Waals surface area contributed by atoms with Gasteiger partial charge in [0.15, 0.2) is 0 Å². The maximum absolute atomic E-state index is 2.32. The predicted molar refractivity (Wildman–Crippen MR) is 159 cm³/mol. The minimum Gasteiger partial charge on any atom is -0.0888 e. The third-order valence-electron chi connectivity index (χ3n) is 7.65. The van der Waals surface area contributed by atoms with Crippen molar-refractivity contribution in [3.05, 3.63) is 133 Å². The van der Waals surface area contributed by atoms with Crippen LogP contribution in [-0.4, -0.2) is 0 Å². The Bertz CT molecular complexity index is 1940. The van der Waals surface area contributed by atoms with Crippen molar-refractivity contribution in [2.75, 3.05) is 0 Å². The van der Waals surface area contributed by atoms with Crippen LogP contribution in [0.2, 0.25) is 0 Å². The van der Waals surface area contributed by atoms with E-state index in [-0.39, 0.29) is 0 Å². The smallest absolute Gasteiger partial charge is 0.0207 e. The zero-order valence-electron chi connectivity index (χ0n) is 20.1. The Kier molecular flexibility index (Phi) is 4.55. The van der Waals surface area contributed by atoms with Gasteiger partial charge in [0.1, 0.15) is 0 Å². The maximum atomic E-state index is 2.32. The second-order valence-electron chi connectivity index (χ2n) is 9.65. The third-order valence-corrected chi connectivity index (χ3v) is 8.77. The van der Waals surface area contributed by atoms with Crippen LogP contribution in [0.5, 0.6) is 0 Å². The highest BCUT2D eigenvalue weighted by Crippen LogP contribution is 2.53. The molecule has 7 aromatic carbocycles. The molecule has 0 bridgehead atoms. The van der Waals surface area contributed by atoms with E-state index in [0.717, 1.165) is 0 Å². The molecule has 0 spiro atoms. The predicted octanol–water partition coefficient (Wildman–Crippen LogP) is 10.6. The normalized spacial score (nSPS) is 12.2. The lowest BCUT2D eigenvalue weighted by atomic mass is 9.83. The van der Waals surface area contributed by atoms with E-state index in [0.29, 0.717) is 0 Å². The zero-order valence-corrected chi connectivity index (χ0v) is 20.9. The van der Waals surface area contributed by atoms with Crippen LogP contribution in [0.3, 0.4) is 0 Å². The fraction of sp³-hybridized carbons (Fsp3) is 0. The minimum absolute atomic E-state index is 1.26. The first-order valence-electron chi connectivity index (χ1n) is 12.7. The number of hydrogen-bond acceptors (Lipinski definition) is 1. The van der Waals surface area contributed by atoms with Gasteiger partial charge in [0, 0.05) is 20.7 Å². The SMILES string of the molecule is c1ccc(-c2c3ccccc3c(-c3cccc4c3-c3cccc5cccc(c35)S4)c3ccccc23)cc1. The molecule has 0 unspecified atom stereocenters. The molecule has 7 aromatic rings. The summed E-state index contributed by atoms with van der Waals surface area (Å²) in [5.74, 6) is 0. The van der Waals surface area contributed by atoms with E-state index in [1.165, 1.54) is 75.5 Å². The summed E-state index contributed by atoms with van der Waals surface area (Å²) in [6.07, 6.45) is 0. The second-order valence-corrected chi connectivity index (χ2v) is 10.7. The summed E-state index contributed by atoms with van der Waals surface area (Å²) in [5.41, 5.74) is 7.86. The van der Waals surface area contributed by atoms with Crippen LogP contribution in [0.25, 0.3) is 65.7 Å². The van der Waals surface area contributed by atoms with Crippen molar-refractivity contribution in [1.82, 2.24) is 0 Å². The fourth-order valence-electron chi connectivity index (χ4n) is 6.16. The summed E-state index contributed by atoms with van der Waals surface area (Å²) in [6.45, 7) is 0. The first kappa shape index (κ1) is 20.8. The van der Waals surface area contributed by atoms with Gasteiger partial charge in [-0.15, -0.1) is 0 Å². The number of rotatable bonds is 2. The Hall–Kier alpha value is -4.33. The molecule has 0 saturated heterocycles. The van der Waals surface area contributed by atoms with Crippen LogP contribution in [0.1, 0.15) is 0 Å². The Labute approximate surface area is 220 Å². The molecule has 1 heterocycles. The molecule has 0 nitrogen and oxygen atoms in total. The van der Waals surface area contributed by atoms with Crippen molar-refractivity contribution >= 4 is 44.1 Å². The minimum atomic E-state index is 1.26. The van der Waals surface area contributed by atoms with E-state index in [1.807, 2.05) is 11.8 Å². The Morgan fingerprint density at radius 2 is 0.892 bits per heavy atom. The molecule has 0 aliphatic carbocycles. The van der Waals surface area contributed by atoms with Crippen LogP contribution in [0.15, 0.2) is 143 Å². The summed E-state index contributed by atoms with van der Waals surface area (Å²) in [5, 5.41) is 7.85. The molecule has 0 atom stereocenters. The molecule has 0 N–H and O–H groups in total. The molecule has 0 aromatic heterocycles. The summed E-state index contributed by atoms with van der Waals surface area (Å²) in [7, 11) is 0. The monoisotopic (exact) mass is 486 g/mol. The molecule has 0 fully saturated rings. The van der Waals surface area contributed by atoms with Gasteiger partial charge in [-0.25, -0.2) is 0 Å². The van der Waals surface area contributed by atoms with Gasteiger partial charge in [-0.1, -0.05) is 133 Å². The standard InChI is InChI=1S/C36H22S/c1-2-11-23(12-3-1)33-25-15-4-6-17-27(25)35(28-18-7-5-16-26(28)33)30-20-10-22-32-36(30)29-19-8-13-24-14-9-21-31(37-32)34(24)29/h1-22H. The summed E-state index contributed by atoms with van der Waals surface area (Å²) >= 11 is 1.89. The van der Waals surface area contributed by atoms with Crippen LogP contribution >= 0.6 is 11.8 Å². The van der Waals surface area contributed by atoms with Gasteiger partial charge >= 0.3 is 0 Å². The second kappa shape index (κ2) is 8.09. The molecule has 0 saturated carbocycles. The largest absolute Gasteiger partial charge is 0.0888 e. The van der Waals surface area contributed by atoms with Gasteiger partial charge in [-0.2, -0.15) is 0 Å². The lowest BCUT2D eigenvalue weighted by Crippen LogP contribution is -1.97. The number of fused-ring (bicyclic) bond motifs is 4. The Morgan fingerprint density at radius 3 is 1.59 bits per heavy atom. The first-order chi connectivity index (χ1) is 18.4. The third kappa shape index (κ3) is 3.05. The average molecular weight is 487 g/mol. The quantitative estimate of drug-likeness (QED) is 0.219. The molecule has 172 valence electrons. The molecular weight excluding hydrogens is 464 g/mol. The summed E-state index contributed by atoms with van der Waals surface area (Å²) in [6, 6.07) is 48.9. The van der Waals surface area contributed by atoms with E-state index in [1.54, 1.807) is 0 Å². The van der Waals surface area contributed by atoms with Gasteiger partial charge in [-0.3, -0.25) is 0 Å². The van der Waals surface area contributed by atoms with Crippen LogP contribution < -0.4 is 0 Å². The van der Waals surface area contributed by atoms with Crippen LogP contribution in [-0.2, 0) is 0 Å². The van der Waals surface area contributed by atoms with Crippen LogP contribution in [0, 0.1) is 0 Å². The van der Waals surface area contributed by atoms with E-state index < -0.39 is 0 Å². The average Bonchev–Trinajstić information content (AvgIpc) is 2.96. The van der Waals surface area contributed by atoms with Crippen molar-refractivity contribution in [3.63, 3.8) is 0 Å². The van der Waals surface area contributed by atoms with Gasteiger partial charge in [0.2, 0.25) is 0 Å². The van der Waals surface area contributed by atoms with E-state index in [9.17, 15) is 0 Å². The topological polar surface area (TPSA) is 0 Å². The van der Waals surface area contributed by atoms with E-state index in [4.69, 9.17) is 0 Å². The van der Waals surface area contributed by atoms with Crippen molar-refractivity contribution in [2.24, 2.45) is 0 Å². The first-order valence-corrected chi connectivity index (χ1v) is 13.5. The fourth-order valence-corrected chi connectivity index (χ4v) is 7.34. The molecule has 8 rings (SSSR count). The molecule has 1 heteroatoms. The molecule has 1 aliphatic heterocycles. The highest BCUT2D eigenvalue weighted by molar-refractivity contribution is 7.99. The van der Waals surface area contributed by atoms with Gasteiger partial charge < -0.3 is 0 Å². The molecular formula is C36H22S. The molecule has 1 aliphatic rings. The van der Waals surface area contributed by atoms with E-state index in [2.05, 4.69) is 133 Å². The van der Waals surface area contributed by atoms with Crippen LogP contribution in [0.4, 0.5) is 0 Å². The van der Waals surface area contributed by atoms with Gasteiger partial charge in [0.05, 0.1) is 0 Å². The van der Waals surface area contributed by atoms with E-state index >= 15 is 0 Å². The van der Waals surface area contributed by atoms with Crippen molar-refractivity contribution in [3.8, 4) is 33.4 Å². The highest BCUT2D eigenvalue weighted by Gasteiger charge is 2.24. The van der Waals surface area contributed by atoms with Crippen molar-refractivity contribution in [2.45, 2.75) is 9.79 Å². The summed E-state index contributed by atoms with van der Waals surface area (Å²) in [4.78, 5) is 2.66.